The molecule has 1 atom stereocenters. The van der Waals surface area contributed by atoms with E-state index in [9.17, 15) is 4.39 Å². The lowest BCUT2D eigenvalue weighted by atomic mass is 10.0. The highest BCUT2D eigenvalue weighted by Gasteiger charge is 2.30. The number of methoxy groups -OCH3 is 1. The van der Waals surface area contributed by atoms with Crippen LogP contribution in [-0.2, 0) is 17.8 Å². The molecule has 35 heavy (non-hydrogen) atoms. The Bertz CT molecular complexity index is 1470. The Morgan fingerprint density at radius 3 is 2.60 bits per heavy atom. The van der Waals surface area contributed by atoms with Crippen LogP contribution in [0.1, 0.15) is 23.9 Å². The molecule has 0 amide bonds. The van der Waals surface area contributed by atoms with Gasteiger partial charge in [0.2, 0.25) is 0 Å². The molecule has 5 aromatic rings. The summed E-state index contributed by atoms with van der Waals surface area (Å²) >= 11 is 0. The van der Waals surface area contributed by atoms with Gasteiger partial charge in [-0.3, -0.25) is 0 Å². The van der Waals surface area contributed by atoms with Crippen LogP contribution in [0.15, 0.2) is 79.3 Å². The molecule has 0 unspecified atom stereocenters. The molecule has 7 heteroatoms. The number of aromatic nitrogens is 4. The zero-order valence-electron chi connectivity index (χ0n) is 19.4. The summed E-state index contributed by atoms with van der Waals surface area (Å²) in [5.41, 5.74) is 5.81. The first-order valence-electron chi connectivity index (χ1n) is 11.7. The molecular weight excluding hydrogens is 443 g/mol. The number of ether oxygens (including phenoxy) is 2. The van der Waals surface area contributed by atoms with Gasteiger partial charge in [0, 0.05) is 36.1 Å². The van der Waals surface area contributed by atoms with E-state index in [1.165, 1.54) is 12.1 Å². The Balaban J connectivity index is 1.34. The first-order chi connectivity index (χ1) is 17.2. The van der Waals surface area contributed by atoms with Gasteiger partial charge in [0.25, 0.3) is 0 Å². The zero-order chi connectivity index (χ0) is 23.8. The number of halogens is 1. The van der Waals surface area contributed by atoms with E-state index in [4.69, 9.17) is 14.5 Å². The second-order valence-corrected chi connectivity index (χ2v) is 8.77. The third-order valence-corrected chi connectivity index (χ3v) is 6.57. The molecule has 2 aromatic carbocycles. The number of nitrogens with zero attached hydrogens (tertiary/aromatic N) is 4. The van der Waals surface area contributed by atoms with Crippen LogP contribution in [-0.4, -0.2) is 32.7 Å². The molecule has 0 saturated heterocycles. The lowest BCUT2D eigenvalue weighted by Gasteiger charge is -2.18. The van der Waals surface area contributed by atoms with E-state index >= 15 is 0 Å². The molecule has 6 nitrogen and oxygen atoms in total. The minimum atomic E-state index is -0.258. The number of rotatable bonds is 7. The Labute approximate surface area is 202 Å². The highest BCUT2D eigenvalue weighted by atomic mass is 19.1. The second-order valence-electron chi connectivity index (χ2n) is 8.77. The van der Waals surface area contributed by atoms with E-state index in [0.29, 0.717) is 13.2 Å². The fourth-order valence-corrected chi connectivity index (χ4v) is 4.81. The molecule has 6 rings (SSSR count). The van der Waals surface area contributed by atoms with Crippen LogP contribution in [0.4, 0.5) is 4.39 Å². The van der Waals surface area contributed by atoms with Crippen molar-refractivity contribution in [3.05, 3.63) is 96.5 Å². The molecule has 1 aliphatic heterocycles. The number of fused-ring (bicyclic) bond motifs is 2. The van der Waals surface area contributed by atoms with E-state index in [1.807, 2.05) is 40.9 Å². The third kappa shape index (κ3) is 4.08. The third-order valence-electron chi connectivity index (χ3n) is 6.57. The van der Waals surface area contributed by atoms with Crippen molar-refractivity contribution < 1.29 is 13.9 Å². The molecule has 3 aromatic heterocycles. The van der Waals surface area contributed by atoms with Crippen molar-refractivity contribution in [1.82, 2.24) is 18.9 Å². The summed E-state index contributed by atoms with van der Waals surface area (Å²) < 4.78 is 29.4. The Hall–Kier alpha value is -3.97. The molecule has 0 fully saturated rings. The molecule has 1 aliphatic rings. The van der Waals surface area contributed by atoms with Crippen LogP contribution in [0.25, 0.3) is 28.2 Å². The Morgan fingerprint density at radius 1 is 1.00 bits per heavy atom. The van der Waals surface area contributed by atoms with Gasteiger partial charge in [0.15, 0.2) is 0 Å². The number of imidazole rings is 2. The fourth-order valence-electron chi connectivity index (χ4n) is 4.81. The van der Waals surface area contributed by atoms with Crippen LogP contribution < -0.4 is 4.74 Å². The smallest absolute Gasteiger partial charge is 0.136 e. The Morgan fingerprint density at radius 2 is 1.80 bits per heavy atom. The first-order valence-corrected chi connectivity index (χ1v) is 11.7. The number of hydrogen-bond donors (Lipinski definition) is 0. The molecular formula is C28H25FN4O2. The van der Waals surface area contributed by atoms with E-state index in [0.717, 1.165) is 58.1 Å². The second kappa shape index (κ2) is 9.00. The fraction of sp³-hybridized carbons (Fsp3) is 0.214. The van der Waals surface area contributed by atoms with Crippen molar-refractivity contribution in [3.8, 4) is 28.3 Å². The molecule has 0 bridgehead atoms. The molecule has 176 valence electrons. The largest absolute Gasteiger partial charge is 0.497 e. The van der Waals surface area contributed by atoms with Crippen molar-refractivity contribution in [2.24, 2.45) is 0 Å². The van der Waals surface area contributed by atoms with Gasteiger partial charge in [-0.1, -0.05) is 12.1 Å². The normalized spacial score (nSPS) is 15.0. The van der Waals surface area contributed by atoms with E-state index < -0.39 is 0 Å². The zero-order valence-corrected chi connectivity index (χ0v) is 19.4. The molecule has 0 N–H and O–H groups in total. The average molecular weight is 469 g/mol. The summed E-state index contributed by atoms with van der Waals surface area (Å²) in [6.45, 7) is 1.12. The van der Waals surface area contributed by atoms with Crippen molar-refractivity contribution in [2.45, 2.75) is 25.5 Å². The Kier molecular flexibility index (Phi) is 5.54. The predicted molar refractivity (Wildman–Crippen MR) is 132 cm³/mol. The highest BCUT2D eigenvalue weighted by Crippen LogP contribution is 2.40. The molecule has 4 heterocycles. The van der Waals surface area contributed by atoms with Gasteiger partial charge >= 0.3 is 0 Å². The van der Waals surface area contributed by atoms with Crippen LogP contribution in [0, 0.1) is 5.82 Å². The van der Waals surface area contributed by atoms with Crippen molar-refractivity contribution in [3.63, 3.8) is 0 Å². The summed E-state index contributed by atoms with van der Waals surface area (Å²) in [4.78, 5) is 9.39. The van der Waals surface area contributed by atoms with E-state index in [-0.39, 0.29) is 11.9 Å². The summed E-state index contributed by atoms with van der Waals surface area (Å²) in [5.74, 6) is 1.61. The average Bonchev–Trinajstić information content (AvgIpc) is 3.60. The van der Waals surface area contributed by atoms with Gasteiger partial charge in [-0.2, -0.15) is 0 Å². The lowest BCUT2D eigenvalue weighted by Crippen LogP contribution is -2.13. The van der Waals surface area contributed by atoms with Crippen molar-refractivity contribution in [1.29, 1.82) is 0 Å². The van der Waals surface area contributed by atoms with Gasteiger partial charge < -0.3 is 18.4 Å². The quantitative estimate of drug-likeness (QED) is 0.307. The van der Waals surface area contributed by atoms with E-state index in [2.05, 4.69) is 21.8 Å². The lowest BCUT2D eigenvalue weighted by molar-refractivity contribution is 0.0925. The maximum Gasteiger partial charge on any atom is 0.136 e. The van der Waals surface area contributed by atoms with Crippen molar-refractivity contribution >= 4 is 5.65 Å². The number of pyridine rings is 1. The number of hydrogen-bond acceptors (Lipinski definition) is 4. The maximum absolute atomic E-state index is 13.7. The van der Waals surface area contributed by atoms with Gasteiger partial charge in [-0.15, -0.1) is 0 Å². The maximum atomic E-state index is 13.7. The summed E-state index contributed by atoms with van der Waals surface area (Å²) in [6.07, 6.45) is 7.64. The topological polar surface area (TPSA) is 53.6 Å². The van der Waals surface area contributed by atoms with Gasteiger partial charge in [0.05, 0.1) is 37.8 Å². The highest BCUT2D eigenvalue weighted by molar-refractivity contribution is 5.79. The minimum absolute atomic E-state index is 0.165. The molecule has 0 radical (unpaired) electrons. The number of benzene rings is 2. The SMILES string of the molecule is COc1ccc(COC[C@@H]2CCc3nc(-c4ccc(F)cc4)c(-c4ccc5nccn5c4)n32)cc1. The van der Waals surface area contributed by atoms with Crippen LogP contribution in [0.2, 0.25) is 0 Å². The van der Waals surface area contributed by atoms with E-state index in [1.54, 1.807) is 25.4 Å². The summed E-state index contributed by atoms with van der Waals surface area (Å²) in [7, 11) is 1.66. The van der Waals surface area contributed by atoms with Crippen LogP contribution in [0.5, 0.6) is 5.75 Å². The molecule has 0 saturated carbocycles. The van der Waals surface area contributed by atoms with Crippen LogP contribution >= 0.6 is 0 Å². The van der Waals surface area contributed by atoms with Gasteiger partial charge in [-0.25, -0.2) is 14.4 Å². The molecule has 0 aliphatic carbocycles. The summed E-state index contributed by atoms with van der Waals surface area (Å²) in [6, 6.07) is 18.7. The van der Waals surface area contributed by atoms with Crippen LogP contribution in [0.3, 0.4) is 0 Å². The predicted octanol–water partition coefficient (Wildman–Crippen LogP) is 5.72. The van der Waals surface area contributed by atoms with Crippen molar-refractivity contribution in [2.75, 3.05) is 13.7 Å². The van der Waals surface area contributed by atoms with Gasteiger partial charge in [0.1, 0.15) is 23.0 Å². The summed E-state index contributed by atoms with van der Waals surface area (Å²) in [5, 5.41) is 0. The standard InChI is InChI=1S/C28H25FN4O2/c1-34-24-10-2-19(3-11-24)17-35-18-23-9-13-26-31-27(20-4-7-22(29)8-5-20)28(33(23)26)21-6-12-25-30-14-15-32(25)16-21/h2-8,10-12,14-16,23H,9,13,17-18H2,1H3/t23-/m0/s1. The molecule has 0 spiro atoms. The first kappa shape index (κ1) is 21.6. The monoisotopic (exact) mass is 468 g/mol. The number of aryl methyl sites for hydroxylation is 1. The minimum Gasteiger partial charge on any atom is -0.497 e. The van der Waals surface area contributed by atoms with Gasteiger partial charge in [-0.05, 0) is 60.5 Å².